The van der Waals surface area contributed by atoms with E-state index in [0.717, 1.165) is 16.7 Å². The molecule has 3 heteroatoms. The molecule has 0 spiro atoms. The van der Waals surface area contributed by atoms with Gasteiger partial charge in [0.2, 0.25) is 0 Å². The summed E-state index contributed by atoms with van der Waals surface area (Å²) in [6, 6.07) is 10.4. The number of benzene rings is 2. The van der Waals surface area contributed by atoms with Crippen LogP contribution in [0, 0.1) is 19.7 Å². The Hall–Kier alpha value is -2.16. The zero-order valence-electron chi connectivity index (χ0n) is 11.9. The quantitative estimate of drug-likeness (QED) is 0.790. The first-order valence-electron chi connectivity index (χ1n) is 6.44. The van der Waals surface area contributed by atoms with Crippen molar-refractivity contribution in [1.29, 1.82) is 0 Å². The van der Waals surface area contributed by atoms with Crippen molar-refractivity contribution in [2.45, 2.75) is 20.3 Å². The number of rotatable bonds is 4. The topological polar surface area (TPSA) is 26.3 Å². The number of methoxy groups -OCH3 is 1. The Bertz CT molecular complexity index is 627. The van der Waals surface area contributed by atoms with E-state index in [4.69, 9.17) is 4.74 Å². The summed E-state index contributed by atoms with van der Waals surface area (Å²) in [5.74, 6) is -0.252. The number of ether oxygens (including phenoxy) is 1. The SMILES string of the molecule is COc1ccc(CC(=O)c2c(C)cccc2C)cc1F. The number of ketones is 1. The third kappa shape index (κ3) is 2.87. The average Bonchev–Trinajstić information content (AvgIpc) is 2.38. The summed E-state index contributed by atoms with van der Waals surface area (Å²) in [6.07, 6.45) is 0.187. The zero-order valence-corrected chi connectivity index (χ0v) is 11.9. The Balaban J connectivity index is 2.26. The molecule has 0 heterocycles. The van der Waals surface area contributed by atoms with E-state index in [0.29, 0.717) is 5.56 Å². The highest BCUT2D eigenvalue weighted by molar-refractivity contribution is 6.00. The highest BCUT2D eigenvalue weighted by atomic mass is 19.1. The minimum absolute atomic E-state index is 0.00478. The zero-order chi connectivity index (χ0) is 14.7. The van der Waals surface area contributed by atoms with Crippen LogP contribution in [0.25, 0.3) is 0 Å². The monoisotopic (exact) mass is 272 g/mol. The van der Waals surface area contributed by atoms with Crippen LogP contribution in [0.15, 0.2) is 36.4 Å². The summed E-state index contributed by atoms with van der Waals surface area (Å²) in [5, 5.41) is 0. The summed E-state index contributed by atoms with van der Waals surface area (Å²) < 4.78 is 18.5. The smallest absolute Gasteiger partial charge is 0.167 e. The highest BCUT2D eigenvalue weighted by Crippen LogP contribution is 2.20. The summed E-state index contributed by atoms with van der Waals surface area (Å²) in [6.45, 7) is 3.82. The van der Waals surface area contributed by atoms with Gasteiger partial charge in [-0.25, -0.2) is 4.39 Å². The Morgan fingerprint density at radius 3 is 2.35 bits per heavy atom. The number of aryl methyl sites for hydroxylation is 2. The molecule has 0 saturated heterocycles. The Morgan fingerprint density at radius 2 is 1.80 bits per heavy atom. The second-order valence-corrected chi connectivity index (χ2v) is 4.84. The molecule has 0 aliphatic rings. The van der Waals surface area contributed by atoms with Crippen LogP contribution in [0.5, 0.6) is 5.75 Å². The molecule has 0 saturated carbocycles. The van der Waals surface area contributed by atoms with Gasteiger partial charge < -0.3 is 4.74 Å². The summed E-state index contributed by atoms with van der Waals surface area (Å²) >= 11 is 0. The number of carbonyl (C=O) groups is 1. The van der Waals surface area contributed by atoms with Crippen LogP contribution in [0.3, 0.4) is 0 Å². The fourth-order valence-electron chi connectivity index (χ4n) is 2.35. The molecule has 2 aromatic carbocycles. The predicted molar refractivity (Wildman–Crippen MR) is 76.9 cm³/mol. The van der Waals surface area contributed by atoms with Gasteiger partial charge in [-0.2, -0.15) is 0 Å². The van der Waals surface area contributed by atoms with Crippen molar-refractivity contribution < 1.29 is 13.9 Å². The number of hydrogen-bond donors (Lipinski definition) is 0. The first-order chi connectivity index (χ1) is 9.52. The Morgan fingerprint density at radius 1 is 1.15 bits per heavy atom. The van der Waals surface area contributed by atoms with Crippen molar-refractivity contribution in [3.8, 4) is 5.75 Å². The maximum atomic E-state index is 13.6. The number of carbonyl (C=O) groups excluding carboxylic acids is 1. The third-order valence-electron chi connectivity index (χ3n) is 3.34. The molecule has 0 aliphatic carbocycles. The summed E-state index contributed by atoms with van der Waals surface area (Å²) in [5.41, 5.74) is 3.27. The molecule has 2 aromatic rings. The molecule has 0 fully saturated rings. The lowest BCUT2D eigenvalue weighted by atomic mass is 9.95. The fourth-order valence-corrected chi connectivity index (χ4v) is 2.35. The van der Waals surface area contributed by atoms with Gasteiger partial charge in [0.05, 0.1) is 7.11 Å². The van der Waals surface area contributed by atoms with E-state index in [9.17, 15) is 9.18 Å². The second kappa shape index (κ2) is 5.87. The van der Waals surface area contributed by atoms with Gasteiger partial charge in [0.15, 0.2) is 17.3 Å². The van der Waals surface area contributed by atoms with Gasteiger partial charge in [-0.15, -0.1) is 0 Å². The van der Waals surface area contributed by atoms with Crippen molar-refractivity contribution >= 4 is 5.78 Å². The molecule has 0 N–H and O–H groups in total. The molecule has 0 unspecified atom stereocenters. The molecule has 0 radical (unpaired) electrons. The van der Waals surface area contributed by atoms with Gasteiger partial charge in [-0.05, 0) is 42.7 Å². The van der Waals surface area contributed by atoms with Crippen molar-refractivity contribution in [1.82, 2.24) is 0 Å². The highest BCUT2D eigenvalue weighted by Gasteiger charge is 2.13. The lowest BCUT2D eigenvalue weighted by Crippen LogP contribution is -2.08. The van der Waals surface area contributed by atoms with Gasteiger partial charge >= 0.3 is 0 Å². The van der Waals surface area contributed by atoms with Crippen LogP contribution in [0.2, 0.25) is 0 Å². The van der Waals surface area contributed by atoms with Crippen LogP contribution in [0.1, 0.15) is 27.0 Å². The standard InChI is InChI=1S/C17H17FO2/c1-11-5-4-6-12(2)17(11)15(19)10-13-7-8-16(20-3)14(18)9-13/h4-9H,10H2,1-3H3. The Labute approximate surface area is 118 Å². The average molecular weight is 272 g/mol. The first-order valence-corrected chi connectivity index (χ1v) is 6.44. The molecule has 0 aliphatic heterocycles. The number of halogens is 1. The maximum Gasteiger partial charge on any atom is 0.167 e. The van der Waals surface area contributed by atoms with Gasteiger partial charge in [-0.3, -0.25) is 4.79 Å². The lowest BCUT2D eigenvalue weighted by Gasteiger charge is -2.09. The van der Waals surface area contributed by atoms with Crippen molar-refractivity contribution in [3.63, 3.8) is 0 Å². The van der Waals surface area contributed by atoms with Crippen LogP contribution >= 0.6 is 0 Å². The molecule has 0 bridgehead atoms. The van der Waals surface area contributed by atoms with Gasteiger partial charge in [-0.1, -0.05) is 24.3 Å². The third-order valence-corrected chi connectivity index (χ3v) is 3.34. The second-order valence-electron chi connectivity index (χ2n) is 4.84. The first kappa shape index (κ1) is 14.3. The number of Topliss-reactive ketones (excluding diaryl/α,β-unsaturated/α-hetero) is 1. The lowest BCUT2D eigenvalue weighted by molar-refractivity contribution is 0.0991. The fraction of sp³-hybridized carbons (Fsp3) is 0.235. The van der Waals surface area contributed by atoms with E-state index in [1.807, 2.05) is 32.0 Å². The minimum Gasteiger partial charge on any atom is -0.494 e. The van der Waals surface area contributed by atoms with Crippen molar-refractivity contribution in [3.05, 3.63) is 64.5 Å². The molecule has 104 valence electrons. The summed E-state index contributed by atoms with van der Waals surface area (Å²) in [7, 11) is 1.42. The van der Waals surface area contributed by atoms with Gasteiger partial charge in [0.25, 0.3) is 0 Å². The van der Waals surface area contributed by atoms with E-state index in [2.05, 4.69) is 0 Å². The molecular formula is C17H17FO2. The van der Waals surface area contributed by atoms with E-state index in [1.165, 1.54) is 13.2 Å². The summed E-state index contributed by atoms with van der Waals surface area (Å²) in [4.78, 5) is 12.4. The molecule has 2 rings (SSSR count). The van der Waals surface area contributed by atoms with Gasteiger partial charge in [0, 0.05) is 12.0 Å². The Kier molecular flexibility index (Phi) is 4.18. The van der Waals surface area contributed by atoms with Crippen LogP contribution in [-0.4, -0.2) is 12.9 Å². The number of hydrogen-bond acceptors (Lipinski definition) is 2. The van der Waals surface area contributed by atoms with E-state index in [-0.39, 0.29) is 18.0 Å². The molecule has 20 heavy (non-hydrogen) atoms. The maximum absolute atomic E-state index is 13.6. The molecule has 0 atom stereocenters. The van der Waals surface area contributed by atoms with Crippen LogP contribution < -0.4 is 4.74 Å². The van der Waals surface area contributed by atoms with E-state index < -0.39 is 5.82 Å². The van der Waals surface area contributed by atoms with E-state index >= 15 is 0 Å². The van der Waals surface area contributed by atoms with Gasteiger partial charge in [0.1, 0.15) is 0 Å². The molecular weight excluding hydrogens is 255 g/mol. The minimum atomic E-state index is -0.445. The van der Waals surface area contributed by atoms with Crippen molar-refractivity contribution in [2.75, 3.05) is 7.11 Å². The molecule has 2 nitrogen and oxygen atoms in total. The van der Waals surface area contributed by atoms with E-state index in [1.54, 1.807) is 12.1 Å². The van der Waals surface area contributed by atoms with Crippen LogP contribution in [0.4, 0.5) is 4.39 Å². The largest absolute Gasteiger partial charge is 0.494 e. The predicted octanol–water partition coefficient (Wildman–Crippen LogP) is 3.88. The molecule has 0 amide bonds. The normalized spacial score (nSPS) is 10.4. The van der Waals surface area contributed by atoms with Crippen LogP contribution in [-0.2, 0) is 6.42 Å². The molecule has 0 aromatic heterocycles. The van der Waals surface area contributed by atoms with Crippen molar-refractivity contribution in [2.24, 2.45) is 0 Å².